The third-order valence-corrected chi connectivity index (χ3v) is 5.94. The molecule has 2 aliphatic rings. The maximum absolute atomic E-state index is 12.0. The summed E-state index contributed by atoms with van der Waals surface area (Å²) in [7, 11) is -3.46. The number of carbonyl (C=O) groups excluding carboxylic acids is 2. The van der Waals surface area contributed by atoms with Crippen LogP contribution < -0.4 is 0 Å². The highest BCUT2D eigenvalue weighted by Crippen LogP contribution is 2.43. The fourth-order valence-corrected chi connectivity index (χ4v) is 5.33. The Kier molecular flexibility index (Phi) is 2.45. The fourth-order valence-electron chi connectivity index (χ4n) is 3.05. The molecule has 1 saturated carbocycles. The second-order valence-corrected chi connectivity index (χ2v) is 7.07. The average molecular weight is 268 g/mol. The molecule has 0 spiro atoms. The Morgan fingerprint density at radius 1 is 1.17 bits per heavy atom. The molecule has 2 heterocycles. The van der Waals surface area contributed by atoms with Crippen LogP contribution in [-0.2, 0) is 19.4 Å². The van der Waals surface area contributed by atoms with Crippen LogP contribution in [0.1, 0.15) is 24.5 Å². The number of ketones is 2. The number of furan rings is 1. The predicted octanol–water partition coefficient (Wildman–Crippen LogP) is 0.708. The minimum Gasteiger partial charge on any atom is -0.469 e. The smallest absolute Gasteiger partial charge is 0.161 e. The summed E-state index contributed by atoms with van der Waals surface area (Å²) in [5.41, 5.74) is 0. The first-order chi connectivity index (χ1) is 8.49. The molecule has 0 radical (unpaired) electrons. The van der Waals surface area contributed by atoms with Crippen LogP contribution >= 0.6 is 0 Å². The van der Waals surface area contributed by atoms with E-state index in [0.29, 0.717) is 5.76 Å². The molecule has 2 fully saturated rings. The molecule has 0 bridgehead atoms. The Morgan fingerprint density at radius 2 is 1.89 bits per heavy atom. The third kappa shape index (κ3) is 1.63. The Morgan fingerprint density at radius 3 is 2.56 bits per heavy atom. The molecular formula is C12H12O5S. The molecule has 96 valence electrons. The van der Waals surface area contributed by atoms with E-state index in [-0.39, 0.29) is 24.4 Å². The van der Waals surface area contributed by atoms with Gasteiger partial charge in [0.2, 0.25) is 0 Å². The summed E-state index contributed by atoms with van der Waals surface area (Å²) in [6, 6.07) is 3.32. The minimum atomic E-state index is -3.46. The third-order valence-electron chi connectivity index (χ3n) is 3.77. The Labute approximate surface area is 104 Å². The molecule has 3 atom stereocenters. The van der Waals surface area contributed by atoms with Gasteiger partial charge in [-0.2, -0.15) is 0 Å². The van der Waals surface area contributed by atoms with Crippen molar-refractivity contribution >= 4 is 21.4 Å². The number of sulfone groups is 1. The van der Waals surface area contributed by atoms with Gasteiger partial charge in [-0.15, -0.1) is 0 Å². The van der Waals surface area contributed by atoms with E-state index in [1.54, 1.807) is 12.1 Å². The summed E-state index contributed by atoms with van der Waals surface area (Å²) in [4.78, 5) is 23.4. The van der Waals surface area contributed by atoms with Gasteiger partial charge < -0.3 is 4.42 Å². The lowest BCUT2D eigenvalue weighted by Gasteiger charge is -2.29. The van der Waals surface area contributed by atoms with Gasteiger partial charge in [0.05, 0.1) is 11.5 Å². The van der Waals surface area contributed by atoms with Gasteiger partial charge in [0, 0.05) is 24.7 Å². The summed E-state index contributed by atoms with van der Waals surface area (Å²) >= 11 is 0. The highest BCUT2D eigenvalue weighted by atomic mass is 32.2. The molecular weight excluding hydrogens is 256 g/mol. The second kappa shape index (κ2) is 3.78. The van der Waals surface area contributed by atoms with Gasteiger partial charge in [0.25, 0.3) is 0 Å². The van der Waals surface area contributed by atoms with Crippen molar-refractivity contribution in [3.05, 3.63) is 24.2 Å². The van der Waals surface area contributed by atoms with Gasteiger partial charge in [-0.1, -0.05) is 0 Å². The molecule has 0 aromatic carbocycles. The van der Waals surface area contributed by atoms with Crippen molar-refractivity contribution < 1.29 is 22.4 Å². The number of fused-ring (bicyclic) bond motifs is 1. The second-order valence-electron chi connectivity index (χ2n) is 4.91. The molecule has 1 saturated heterocycles. The van der Waals surface area contributed by atoms with E-state index in [1.165, 1.54) is 6.26 Å². The van der Waals surface area contributed by atoms with Crippen molar-refractivity contribution in [2.45, 2.75) is 24.0 Å². The Balaban J connectivity index is 2.08. The lowest BCUT2D eigenvalue weighted by atomic mass is 9.77. The molecule has 6 heteroatoms. The van der Waals surface area contributed by atoms with Crippen LogP contribution in [-0.4, -0.2) is 31.0 Å². The standard InChI is InChI=1S/C12H12O5S/c13-7-4-8-10(14)6-18(15,16)12(8)9(5-7)11-2-1-3-17-11/h1-3,8-9,12H,4-6H2. The van der Waals surface area contributed by atoms with Crippen molar-refractivity contribution in [2.24, 2.45) is 5.92 Å². The maximum atomic E-state index is 12.0. The molecule has 1 aromatic rings. The predicted molar refractivity (Wildman–Crippen MR) is 61.8 cm³/mol. The molecule has 1 aliphatic heterocycles. The first kappa shape index (κ1) is 11.6. The summed E-state index contributed by atoms with van der Waals surface area (Å²) < 4.78 is 29.3. The summed E-state index contributed by atoms with van der Waals surface area (Å²) in [6.45, 7) is 0. The molecule has 3 rings (SSSR count). The number of hydrogen-bond donors (Lipinski definition) is 0. The van der Waals surface area contributed by atoms with Crippen LogP contribution in [0.2, 0.25) is 0 Å². The number of hydrogen-bond acceptors (Lipinski definition) is 5. The van der Waals surface area contributed by atoms with Gasteiger partial charge in [-0.3, -0.25) is 9.59 Å². The van der Waals surface area contributed by atoms with Crippen molar-refractivity contribution in [2.75, 3.05) is 5.75 Å². The zero-order valence-corrected chi connectivity index (χ0v) is 10.4. The molecule has 0 amide bonds. The van der Waals surface area contributed by atoms with Crippen LogP contribution in [0.3, 0.4) is 0 Å². The molecule has 3 unspecified atom stereocenters. The quantitative estimate of drug-likeness (QED) is 0.749. The van der Waals surface area contributed by atoms with E-state index >= 15 is 0 Å². The van der Waals surface area contributed by atoms with Crippen LogP contribution in [0.15, 0.2) is 22.8 Å². The lowest BCUT2D eigenvalue weighted by Crippen LogP contribution is -2.38. The van der Waals surface area contributed by atoms with Crippen LogP contribution in [0, 0.1) is 5.92 Å². The normalized spacial score (nSPS) is 34.6. The Hall–Kier alpha value is -1.43. The van der Waals surface area contributed by atoms with Crippen molar-refractivity contribution in [3.8, 4) is 0 Å². The van der Waals surface area contributed by atoms with E-state index in [9.17, 15) is 18.0 Å². The Bertz CT molecular complexity index is 598. The highest BCUT2D eigenvalue weighted by molar-refractivity contribution is 7.93. The van der Waals surface area contributed by atoms with Crippen LogP contribution in [0.25, 0.3) is 0 Å². The molecule has 18 heavy (non-hydrogen) atoms. The van der Waals surface area contributed by atoms with E-state index in [4.69, 9.17) is 4.42 Å². The van der Waals surface area contributed by atoms with Crippen LogP contribution in [0.4, 0.5) is 0 Å². The van der Waals surface area contributed by atoms with Gasteiger partial charge in [-0.25, -0.2) is 8.42 Å². The van der Waals surface area contributed by atoms with Crippen LogP contribution in [0.5, 0.6) is 0 Å². The number of rotatable bonds is 1. The zero-order chi connectivity index (χ0) is 12.9. The largest absolute Gasteiger partial charge is 0.469 e. The number of carbonyl (C=O) groups is 2. The van der Waals surface area contributed by atoms with E-state index in [0.717, 1.165) is 0 Å². The average Bonchev–Trinajstić information content (AvgIpc) is 2.86. The van der Waals surface area contributed by atoms with Crippen molar-refractivity contribution in [3.63, 3.8) is 0 Å². The van der Waals surface area contributed by atoms with Gasteiger partial charge in [-0.05, 0) is 12.1 Å². The van der Waals surface area contributed by atoms with Gasteiger partial charge in [0.15, 0.2) is 15.6 Å². The van der Waals surface area contributed by atoms with E-state index < -0.39 is 32.7 Å². The van der Waals surface area contributed by atoms with Crippen molar-refractivity contribution in [1.82, 2.24) is 0 Å². The highest BCUT2D eigenvalue weighted by Gasteiger charge is 2.54. The maximum Gasteiger partial charge on any atom is 0.161 e. The lowest BCUT2D eigenvalue weighted by molar-refractivity contribution is -0.128. The number of Topliss-reactive ketones (excluding diaryl/α,β-unsaturated/α-hetero) is 2. The molecule has 5 nitrogen and oxygen atoms in total. The molecule has 1 aromatic heterocycles. The minimum absolute atomic E-state index is 0.0555. The summed E-state index contributed by atoms with van der Waals surface area (Å²) in [6.07, 6.45) is 1.65. The first-order valence-electron chi connectivity index (χ1n) is 5.78. The SMILES string of the molecule is O=C1CC2C(=O)CS(=O)(=O)C2C(c2ccco2)C1. The van der Waals surface area contributed by atoms with Gasteiger partial charge >= 0.3 is 0 Å². The van der Waals surface area contributed by atoms with Crippen molar-refractivity contribution in [1.29, 1.82) is 0 Å². The first-order valence-corrected chi connectivity index (χ1v) is 7.50. The van der Waals surface area contributed by atoms with E-state index in [2.05, 4.69) is 0 Å². The summed E-state index contributed by atoms with van der Waals surface area (Å²) in [5, 5.41) is -0.783. The molecule has 1 aliphatic carbocycles. The van der Waals surface area contributed by atoms with E-state index in [1.807, 2.05) is 0 Å². The monoisotopic (exact) mass is 268 g/mol. The zero-order valence-electron chi connectivity index (χ0n) is 9.53. The fraction of sp³-hybridized carbons (Fsp3) is 0.500. The van der Waals surface area contributed by atoms with Gasteiger partial charge in [0.1, 0.15) is 17.3 Å². The topological polar surface area (TPSA) is 81.4 Å². The molecule has 0 N–H and O–H groups in total. The summed E-state index contributed by atoms with van der Waals surface area (Å²) in [5.74, 6) is -1.54.